The molecule has 2 heterocycles. The first-order valence-electron chi connectivity index (χ1n) is 5.81. The highest BCUT2D eigenvalue weighted by Gasteiger charge is 2.60. The lowest BCUT2D eigenvalue weighted by atomic mass is 9.87. The number of primary amides is 1. The second kappa shape index (κ2) is 3.72. The number of rotatable bonds is 2. The van der Waals surface area contributed by atoms with Gasteiger partial charge in [-0.25, -0.2) is 0 Å². The Kier molecular flexibility index (Phi) is 2.60. The highest BCUT2D eigenvalue weighted by Crippen LogP contribution is 2.38. The summed E-state index contributed by atoms with van der Waals surface area (Å²) in [5, 5.41) is 2.64. The number of hydrogen-bond donors (Lipinski definition) is 2. The molecule has 0 aromatic rings. The van der Waals surface area contributed by atoms with Crippen LogP contribution in [-0.2, 0) is 14.4 Å². The summed E-state index contributed by atoms with van der Waals surface area (Å²) in [6.45, 7) is 3.93. The predicted octanol–water partition coefficient (Wildman–Crippen LogP) is -1.01. The van der Waals surface area contributed by atoms with Gasteiger partial charge in [0.1, 0.15) is 11.6 Å². The van der Waals surface area contributed by atoms with Crippen molar-refractivity contribution >= 4 is 17.7 Å². The van der Waals surface area contributed by atoms with Gasteiger partial charge in [-0.15, -0.1) is 0 Å². The predicted molar refractivity (Wildman–Crippen MR) is 59.6 cm³/mol. The van der Waals surface area contributed by atoms with Crippen molar-refractivity contribution in [2.45, 2.75) is 38.3 Å². The first-order chi connectivity index (χ1) is 7.90. The number of nitrogens with two attached hydrogens (primary N) is 1. The summed E-state index contributed by atoms with van der Waals surface area (Å²) in [7, 11) is 0. The Labute approximate surface area is 99.5 Å². The van der Waals surface area contributed by atoms with E-state index in [0.29, 0.717) is 19.4 Å². The van der Waals surface area contributed by atoms with Crippen LogP contribution in [0.15, 0.2) is 0 Å². The molecule has 1 spiro atoms. The lowest BCUT2D eigenvalue weighted by Crippen LogP contribution is -2.73. The van der Waals surface area contributed by atoms with Gasteiger partial charge in [0.15, 0.2) is 0 Å². The Morgan fingerprint density at radius 3 is 2.53 bits per heavy atom. The maximum absolute atomic E-state index is 12.2. The van der Waals surface area contributed by atoms with Gasteiger partial charge in [0.05, 0.1) is 6.54 Å². The molecule has 2 unspecified atom stereocenters. The Morgan fingerprint density at radius 2 is 2.18 bits per heavy atom. The van der Waals surface area contributed by atoms with Crippen LogP contribution in [0.2, 0.25) is 0 Å². The molecule has 6 heteroatoms. The lowest BCUT2D eigenvalue weighted by Gasteiger charge is -2.46. The molecule has 2 aliphatic rings. The normalized spacial score (nSPS) is 31.6. The van der Waals surface area contributed by atoms with Gasteiger partial charge in [0.2, 0.25) is 17.7 Å². The van der Waals surface area contributed by atoms with E-state index in [2.05, 4.69) is 5.32 Å². The number of carbonyl (C=O) groups excluding carboxylic acids is 3. The monoisotopic (exact) mass is 239 g/mol. The molecule has 2 fully saturated rings. The van der Waals surface area contributed by atoms with E-state index in [4.69, 9.17) is 5.73 Å². The van der Waals surface area contributed by atoms with Crippen LogP contribution in [0, 0.1) is 5.92 Å². The fourth-order valence-corrected chi connectivity index (χ4v) is 2.60. The molecule has 0 saturated carbocycles. The van der Waals surface area contributed by atoms with Crippen LogP contribution >= 0.6 is 0 Å². The number of nitrogens with one attached hydrogen (secondary N) is 1. The van der Waals surface area contributed by atoms with Gasteiger partial charge < -0.3 is 16.0 Å². The topological polar surface area (TPSA) is 92.5 Å². The van der Waals surface area contributed by atoms with Crippen molar-refractivity contribution in [2.24, 2.45) is 11.7 Å². The van der Waals surface area contributed by atoms with E-state index >= 15 is 0 Å². The molecule has 0 aliphatic carbocycles. The minimum Gasteiger partial charge on any atom is -0.368 e. The van der Waals surface area contributed by atoms with Crippen molar-refractivity contribution in [3.8, 4) is 0 Å². The minimum atomic E-state index is -0.818. The molecule has 0 bridgehead atoms. The van der Waals surface area contributed by atoms with Gasteiger partial charge in [-0.05, 0) is 12.8 Å². The van der Waals surface area contributed by atoms with Crippen molar-refractivity contribution in [3.05, 3.63) is 0 Å². The Bertz CT molecular complexity index is 393. The highest BCUT2D eigenvalue weighted by molar-refractivity contribution is 6.00. The third-order valence-electron chi connectivity index (χ3n) is 3.63. The van der Waals surface area contributed by atoms with Crippen LogP contribution in [0.4, 0.5) is 0 Å². The molecule has 2 rings (SSSR count). The van der Waals surface area contributed by atoms with Gasteiger partial charge in [0.25, 0.3) is 0 Å². The number of likely N-dealkylation sites (tertiary alicyclic amines) is 1. The summed E-state index contributed by atoms with van der Waals surface area (Å²) >= 11 is 0. The van der Waals surface area contributed by atoms with Crippen LogP contribution in [0.5, 0.6) is 0 Å². The summed E-state index contributed by atoms with van der Waals surface area (Å²) in [5.74, 6) is -1.13. The number of nitrogens with zero attached hydrogens (tertiary/aromatic N) is 1. The van der Waals surface area contributed by atoms with Crippen LogP contribution in [0.3, 0.4) is 0 Å². The van der Waals surface area contributed by atoms with Crippen LogP contribution < -0.4 is 11.1 Å². The molecule has 2 saturated heterocycles. The molecular weight excluding hydrogens is 222 g/mol. The second-order valence-electron chi connectivity index (χ2n) is 5.03. The number of carbonyl (C=O) groups is 3. The summed E-state index contributed by atoms with van der Waals surface area (Å²) < 4.78 is 0. The number of β-lactam (4-membered cyclic amide) rings is 1. The van der Waals surface area contributed by atoms with Crippen molar-refractivity contribution in [1.29, 1.82) is 0 Å². The third kappa shape index (κ3) is 1.50. The maximum atomic E-state index is 12.2. The van der Waals surface area contributed by atoms with E-state index in [9.17, 15) is 14.4 Å². The van der Waals surface area contributed by atoms with Gasteiger partial charge >= 0.3 is 0 Å². The standard InChI is InChI=1S/C11H17N3O3/c1-6(2)9(16)14-7(8(12)15)3-4-11(14)5-13-10(11)17/h6-7H,3-5H2,1-2H3,(H2,12,15)(H,13,17). The average molecular weight is 239 g/mol. The molecule has 6 nitrogen and oxygen atoms in total. The largest absolute Gasteiger partial charge is 0.368 e. The molecular formula is C11H17N3O3. The first kappa shape index (κ1) is 11.9. The average Bonchev–Trinajstić information content (AvgIpc) is 2.67. The minimum absolute atomic E-state index is 0.171. The molecule has 0 radical (unpaired) electrons. The molecule has 3 N–H and O–H groups in total. The highest BCUT2D eigenvalue weighted by atomic mass is 16.2. The zero-order chi connectivity index (χ0) is 12.8. The zero-order valence-electron chi connectivity index (χ0n) is 10.0. The van der Waals surface area contributed by atoms with E-state index in [1.54, 1.807) is 13.8 Å². The Morgan fingerprint density at radius 1 is 1.53 bits per heavy atom. The Balaban J connectivity index is 2.34. The molecule has 17 heavy (non-hydrogen) atoms. The van der Waals surface area contributed by atoms with Gasteiger partial charge in [-0.2, -0.15) is 0 Å². The molecule has 2 atom stereocenters. The third-order valence-corrected chi connectivity index (χ3v) is 3.63. The van der Waals surface area contributed by atoms with E-state index in [1.807, 2.05) is 0 Å². The molecule has 0 aromatic heterocycles. The van der Waals surface area contributed by atoms with Crippen LogP contribution in [0.25, 0.3) is 0 Å². The molecule has 2 aliphatic heterocycles. The summed E-state index contributed by atoms with van der Waals surface area (Å²) in [5.41, 5.74) is 4.49. The van der Waals surface area contributed by atoms with Gasteiger partial charge in [-0.1, -0.05) is 13.8 Å². The fourth-order valence-electron chi connectivity index (χ4n) is 2.60. The van der Waals surface area contributed by atoms with Crippen LogP contribution in [-0.4, -0.2) is 40.7 Å². The number of amides is 3. The number of hydrogen-bond acceptors (Lipinski definition) is 3. The van der Waals surface area contributed by atoms with E-state index < -0.39 is 17.5 Å². The second-order valence-corrected chi connectivity index (χ2v) is 5.03. The van der Waals surface area contributed by atoms with Crippen molar-refractivity contribution in [3.63, 3.8) is 0 Å². The molecule has 0 aromatic carbocycles. The van der Waals surface area contributed by atoms with Crippen molar-refractivity contribution in [2.75, 3.05) is 6.54 Å². The van der Waals surface area contributed by atoms with Crippen molar-refractivity contribution in [1.82, 2.24) is 10.2 Å². The van der Waals surface area contributed by atoms with E-state index in [-0.39, 0.29) is 17.7 Å². The molecule has 3 amide bonds. The van der Waals surface area contributed by atoms with Crippen LogP contribution in [0.1, 0.15) is 26.7 Å². The summed E-state index contributed by atoms with van der Waals surface area (Å²) in [6, 6.07) is -0.643. The maximum Gasteiger partial charge on any atom is 0.247 e. The summed E-state index contributed by atoms with van der Waals surface area (Å²) in [6.07, 6.45) is 0.992. The van der Waals surface area contributed by atoms with Gasteiger partial charge in [0, 0.05) is 5.92 Å². The molecule has 94 valence electrons. The quantitative estimate of drug-likeness (QED) is 0.604. The lowest BCUT2D eigenvalue weighted by molar-refractivity contribution is -0.157. The summed E-state index contributed by atoms with van der Waals surface area (Å²) in [4.78, 5) is 36.6. The smallest absolute Gasteiger partial charge is 0.247 e. The van der Waals surface area contributed by atoms with E-state index in [1.165, 1.54) is 4.90 Å². The van der Waals surface area contributed by atoms with E-state index in [0.717, 1.165) is 0 Å². The first-order valence-corrected chi connectivity index (χ1v) is 5.81. The fraction of sp³-hybridized carbons (Fsp3) is 0.727. The Hall–Kier alpha value is -1.59. The SMILES string of the molecule is CC(C)C(=O)N1C(C(N)=O)CCC12CNC2=O. The zero-order valence-corrected chi connectivity index (χ0v) is 10.0. The van der Waals surface area contributed by atoms with Gasteiger partial charge in [-0.3, -0.25) is 14.4 Å². The van der Waals surface area contributed by atoms with Crippen molar-refractivity contribution < 1.29 is 14.4 Å².